The number of hydrogen-bond acceptors (Lipinski definition) is 3. The standard InChI is InChI=1S/C14H16N2.C10H10O2/c15-13-8-6-11(7-9-13)10-14(16)12-4-2-1-3-5-12;11-10(12)9-6-8(9)7-4-2-1-3-5-7/h1-9,14H,10,15-16H2;1-5,8-9H,6H2,(H,11,12)/t14-;8-,9+/m01/s1. The molecule has 0 aliphatic heterocycles. The van der Waals surface area contributed by atoms with E-state index in [1.54, 1.807) is 0 Å². The van der Waals surface area contributed by atoms with Gasteiger partial charge in [0.1, 0.15) is 6.04 Å². The van der Waals surface area contributed by atoms with Gasteiger partial charge in [0.05, 0.1) is 0 Å². The van der Waals surface area contributed by atoms with Gasteiger partial charge >= 0.3 is 0 Å². The smallest absolute Gasteiger partial charge is 0.114 e. The van der Waals surface area contributed by atoms with Gasteiger partial charge in [0.25, 0.3) is 0 Å². The summed E-state index contributed by atoms with van der Waals surface area (Å²) < 4.78 is 0. The molecule has 0 heterocycles. The van der Waals surface area contributed by atoms with E-state index in [1.165, 1.54) is 11.1 Å². The van der Waals surface area contributed by atoms with Crippen molar-refractivity contribution in [1.29, 1.82) is 0 Å². The first kappa shape index (κ1) is 19.6. The molecule has 0 aromatic heterocycles. The van der Waals surface area contributed by atoms with E-state index in [9.17, 15) is 9.90 Å². The van der Waals surface area contributed by atoms with E-state index >= 15 is 0 Å². The van der Waals surface area contributed by atoms with Gasteiger partial charge in [-0.3, -0.25) is 0 Å². The first-order chi connectivity index (χ1) is 13.5. The van der Waals surface area contributed by atoms with Gasteiger partial charge in [-0.25, -0.2) is 0 Å². The van der Waals surface area contributed by atoms with Gasteiger partial charge in [-0.1, -0.05) is 72.8 Å². The second-order valence-corrected chi connectivity index (χ2v) is 7.23. The monoisotopic (exact) mass is 374 g/mol. The maximum absolute atomic E-state index is 10.4. The van der Waals surface area contributed by atoms with Crippen LogP contribution in [0.1, 0.15) is 35.1 Å². The van der Waals surface area contributed by atoms with Crippen LogP contribution in [-0.2, 0) is 11.2 Å². The minimum Gasteiger partial charge on any atom is -0.550 e. The van der Waals surface area contributed by atoms with Crippen LogP contribution >= 0.6 is 0 Å². The van der Waals surface area contributed by atoms with Crippen molar-refractivity contribution in [2.24, 2.45) is 5.92 Å². The zero-order chi connectivity index (χ0) is 19.9. The maximum Gasteiger partial charge on any atom is 0.114 e. The average molecular weight is 374 g/mol. The second-order valence-electron chi connectivity index (χ2n) is 7.23. The summed E-state index contributed by atoms with van der Waals surface area (Å²) in [4.78, 5) is 10.4. The van der Waals surface area contributed by atoms with E-state index in [2.05, 4.69) is 42.1 Å². The van der Waals surface area contributed by atoms with Crippen LogP contribution < -0.4 is 16.6 Å². The van der Waals surface area contributed by atoms with E-state index in [-0.39, 0.29) is 11.8 Å². The largest absolute Gasteiger partial charge is 0.550 e. The predicted octanol–water partition coefficient (Wildman–Crippen LogP) is 2.33. The molecule has 0 spiro atoms. The summed E-state index contributed by atoms with van der Waals surface area (Å²) in [5.41, 5.74) is 14.3. The quantitative estimate of drug-likeness (QED) is 0.671. The number of hydrogen-bond donors (Lipinski definition) is 2. The number of quaternary nitrogens is 1. The topological polar surface area (TPSA) is 93.8 Å². The zero-order valence-electron chi connectivity index (χ0n) is 15.8. The number of benzene rings is 3. The summed E-state index contributed by atoms with van der Waals surface area (Å²) in [5.74, 6) is -0.951. The molecule has 4 rings (SSSR count). The number of rotatable bonds is 5. The first-order valence-corrected chi connectivity index (χ1v) is 9.53. The number of nitrogen functional groups attached to an aromatic ring is 1. The van der Waals surface area contributed by atoms with Crippen molar-refractivity contribution in [3.63, 3.8) is 0 Å². The Morgan fingerprint density at radius 3 is 2.07 bits per heavy atom. The normalized spacial score (nSPS) is 18.5. The van der Waals surface area contributed by atoms with Crippen molar-refractivity contribution in [3.05, 3.63) is 102 Å². The number of nitrogens with two attached hydrogens (primary N) is 1. The van der Waals surface area contributed by atoms with E-state index < -0.39 is 5.97 Å². The lowest BCUT2D eigenvalue weighted by Crippen LogP contribution is -2.54. The Kier molecular flexibility index (Phi) is 6.45. The molecule has 3 aromatic carbocycles. The summed E-state index contributed by atoms with van der Waals surface area (Å²) >= 11 is 0. The number of carbonyl (C=O) groups is 1. The van der Waals surface area contributed by atoms with Gasteiger partial charge in [0.15, 0.2) is 0 Å². The molecule has 144 valence electrons. The number of carboxylic acid groups (broad SMARTS) is 1. The molecule has 4 nitrogen and oxygen atoms in total. The molecule has 1 aliphatic rings. The van der Waals surface area contributed by atoms with E-state index in [1.807, 2.05) is 48.5 Å². The molecule has 0 radical (unpaired) electrons. The maximum atomic E-state index is 10.4. The summed E-state index contributed by atoms with van der Waals surface area (Å²) in [7, 11) is 0. The van der Waals surface area contributed by atoms with Gasteiger partial charge in [0.2, 0.25) is 0 Å². The molecule has 0 bridgehead atoms. The van der Waals surface area contributed by atoms with Crippen LogP contribution in [0.5, 0.6) is 0 Å². The minimum absolute atomic E-state index is 0.205. The van der Waals surface area contributed by atoms with Crippen LogP contribution in [0, 0.1) is 5.92 Å². The third-order valence-electron chi connectivity index (χ3n) is 5.05. The first-order valence-electron chi connectivity index (χ1n) is 9.53. The Morgan fingerprint density at radius 1 is 0.964 bits per heavy atom. The van der Waals surface area contributed by atoms with Crippen molar-refractivity contribution in [1.82, 2.24) is 0 Å². The molecule has 3 aromatic rings. The lowest BCUT2D eigenvalue weighted by atomic mass is 10.00. The van der Waals surface area contributed by atoms with E-state index in [0.29, 0.717) is 6.04 Å². The molecule has 1 fully saturated rings. The molecule has 1 saturated carbocycles. The van der Waals surface area contributed by atoms with Gasteiger partial charge in [-0.2, -0.15) is 0 Å². The Labute approximate surface area is 165 Å². The summed E-state index contributed by atoms with van der Waals surface area (Å²) in [6.07, 6.45) is 1.69. The lowest BCUT2D eigenvalue weighted by Gasteiger charge is -2.08. The lowest BCUT2D eigenvalue weighted by molar-refractivity contribution is -0.426. The Bertz CT molecular complexity index is 879. The van der Waals surface area contributed by atoms with Crippen LogP contribution in [0.4, 0.5) is 5.69 Å². The summed E-state index contributed by atoms with van der Waals surface area (Å²) in [6, 6.07) is 28.4. The Morgan fingerprint density at radius 2 is 1.54 bits per heavy atom. The molecule has 3 atom stereocenters. The molecule has 1 aliphatic carbocycles. The number of aliphatic carboxylic acids is 1. The second kappa shape index (κ2) is 9.20. The summed E-state index contributed by atoms with van der Waals surface area (Å²) in [5, 5.41) is 10.4. The number of carboxylic acids is 1. The molecule has 5 N–H and O–H groups in total. The summed E-state index contributed by atoms with van der Waals surface area (Å²) in [6.45, 7) is 0. The molecular weight excluding hydrogens is 348 g/mol. The van der Waals surface area contributed by atoms with Crippen LogP contribution in [0.15, 0.2) is 84.9 Å². The molecule has 0 amide bonds. The van der Waals surface area contributed by atoms with Crippen molar-refractivity contribution in [2.75, 3.05) is 5.73 Å². The van der Waals surface area contributed by atoms with Gasteiger partial charge in [-0.15, -0.1) is 0 Å². The fourth-order valence-electron chi connectivity index (χ4n) is 3.31. The van der Waals surface area contributed by atoms with Gasteiger partial charge < -0.3 is 21.4 Å². The van der Waals surface area contributed by atoms with Crippen molar-refractivity contribution < 1.29 is 15.6 Å². The van der Waals surface area contributed by atoms with Crippen LogP contribution in [0.3, 0.4) is 0 Å². The highest BCUT2D eigenvalue weighted by molar-refractivity contribution is 5.73. The third-order valence-corrected chi connectivity index (χ3v) is 5.05. The average Bonchev–Trinajstić information content (AvgIpc) is 3.53. The fraction of sp³-hybridized carbons (Fsp3) is 0.208. The van der Waals surface area contributed by atoms with Gasteiger partial charge in [-0.05, 0) is 35.6 Å². The predicted molar refractivity (Wildman–Crippen MR) is 109 cm³/mol. The Balaban J connectivity index is 0.000000167. The molecule has 0 unspecified atom stereocenters. The number of anilines is 1. The van der Waals surface area contributed by atoms with Gasteiger partial charge in [0, 0.05) is 29.6 Å². The SMILES string of the molecule is Nc1ccc(C[C@H]([NH3+])c2ccccc2)cc1.O=C([O-])[C@H]1C[C@@H]1c1ccccc1. The molecular formula is C24H26N2O2. The highest BCUT2D eigenvalue weighted by atomic mass is 16.4. The molecule has 0 saturated heterocycles. The number of carbonyl (C=O) groups excluding carboxylic acids is 1. The van der Waals surface area contributed by atoms with Crippen molar-refractivity contribution in [3.8, 4) is 0 Å². The van der Waals surface area contributed by atoms with Crippen LogP contribution in [0.25, 0.3) is 0 Å². The minimum atomic E-state index is -0.913. The van der Waals surface area contributed by atoms with E-state index in [4.69, 9.17) is 5.73 Å². The van der Waals surface area contributed by atoms with Crippen molar-refractivity contribution in [2.45, 2.75) is 24.8 Å². The molecule has 4 heteroatoms. The van der Waals surface area contributed by atoms with Crippen LogP contribution in [-0.4, -0.2) is 5.97 Å². The zero-order valence-corrected chi connectivity index (χ0v) is 15.8. The van der Waals surface area contributed by atoms with Crippen LogP contribution in [0.2, 0.25) is 0 Å². The third kappa shape index (κ3) is 5.44. The highest BCUT2D eigenvalue weighted by Crippen LogP contribution is 2.46. The fourth-order valence-corrected chi connectivity index (χ4v) is 3.31. The van der Waals surface area contributed by atoms with Crippen molar-refractivity contribution >= 4 is 11.7 Å². The van der Waals surface area contributed by atoms with E-state index in [0.717, 1.165) is 24.1 Å². The molecule has 28 heavy (non-hydrogen) atoms. The Hall–Kier alpha value is -3.11. The highest BCUT2D eigenvalue weighted by Gasteiger charge is 2.38.